The Morgan fingerprint density at radius 2 is 2.14 bits per heavy atom. The van der Waals surface area contributed by atoms with Crippen molar-refractivity contribution in [1.82, 2.24) is 10.2 Å². The average molecular weight is 304 g/mol. The number of piperidine rings is 1. The zero-order valence-electron chi connectivity index (χ0n) is 13.2. The van der Waals surface area contributed by atoms with Gasteiger partial charge in [-0.3, -0.25) is 14.9 Å². The molecule has 1 N–H and O–H groups in total. The van der Waals surface area contributed by atoms with Crippen LogP contribution in [0.15, 0.2) is 30.3 Å². The summed E-state index contributed by atoms with van der Waals surface area (Å²) in [6.07, 6.45) is 2.31. The van der Waals surface area contributed by atoms with Crippen LogP contribution in [0.3, 0.4) is 0 Å². The van der Waals surface area contributed by atoms with E-state index in [4.69, 9.17) is 4.74 Å². The third kappa shape index (κ3) is 4.07. The van der Waals surface area contributed by atoms with Gasteiger partial charge in [-0.15, -0.1) is 0 Å². The molecule has 0 spiro atoms. The van der Waals surface area contributed by atoms with Crippen molar-refractivity contribution in [2.75, 3.05) is 13.7 Å². The summed E-state index contributed by atoms with van der Waals surface area (Å²) in [7, 11) is 1.37. The minimum absolute atomic E-state index is 0.0671. The Bertz CT molecular complexity index is 504. The molecule has 2 rings (SSSR count). The van der Waals surface area contributed by atoms with E-state index in [1.54, 1.807) is 0 Å². The van der Waals surface area contributed by atoms with Crippen molar-refractivity contribution in [2.24, 2.45) is 0 Å². The molecule has 2 atom stereocenters. The molecule has 1 aromatic rings. The van der Waals surface area contributed by atoms with Gasteiger partial charge in [0, 0.05) is 13.1 Å². The molecule has 1 aliphatic heterocycles. The van der Waals surface area contributed by atoms with Gasteiger partial charge in [-0.2, -0.15) is 0 Å². The maximum Gasteiger partial charge on any atom is 0.322 e. The quantitative estimate of drug-likeness (QED) is 0.813. The van der Waals surface area contributed by atoms with Gasteiger partial charge >= 0.3 is 5.97 Å². The molecular weight excluding hydrogens is 280 g/mol. The molecule has 1 aromatic carbocycles. The lowest BCUT2D eigenvalue weighted by Crippen LogP contribution is -2.54. The summed E-state index contributed by atoms with van der Waals surface area (Å²) in [4.78, 5) is 26.2. The summed E-state index contributed by atoms with van der Waals surface area (Å²) < 4.78 is 4.78. The van der Waals surface area contributed by atoms with Crippen LogP contribution in [0.1, 0.15) is 31.7 Å². The van der Waals surface area contributed by atoms with Gasteiger partial charge in [-0.25, -0.2) is 0 Å². The van der Waals surface area contributed by atoms with Crippen LogP contribution in [-0.2, 0) is 20.9 Å². The van der Waals surface area contributed by atoms with Crippen LogP contribution < -0.4 is 5.32 Å². The molecule has 1 amide bonds. The molecule has 0 saturated carbocycles. The lowest BCUT2D eigenvalue weighted by molar-refractivity contribution is -0.144. The standard InChI is InChI=1S/C17H24N2O3/c1-3-14(17(21)22-2)18-15-10-7-11-19(16(15)20)12-13-8-5-4-6-9-13/h4-6,8-9,14-15,18H,3,7,10-12H2,1-2H3/t14-,15+/m0/s1. The van der Waals surface area contributed by atoms with Crippen molar-refractivity contribution in [3.05, 3.63) is 35.9 Å². The highest BCUT2D eigenvalue weighted by atomic mass is 16.5. The number of esters is 1. The second-order valence-corrected chi connectivity index (χ2v) is 5.59. The normalized spacial score (nSPS) is 19.8. The van der Waals surface area contributed by atoms with E-state index in [0.29, 0.717) is 13.0 Å². The van der Waals surface area contributed by atoms with Crippen LogP contribution in [-0.4, -0.2) is 42.5 Å². The van der Waals surface area contributed by atoms with E-state index in [-0.39, 0.29) is 17.9 Å². The zero-order chi connectivity index (χ0) is 15.9. The number of carbonyl (C=O) groups excluding carboxylic acids is 2. The Labute approximate surface area is 131 Å². The van der Waals surface area contributed by atoms with Gasteiger partial charge in [0.25, 0.3) is 0 Å². The van der Waals surface area contributed by atoms with Crippen LogP contribution in [0.2, 0.25) is 0 Å². The van der Waals surface area contributed by atoms with Crippen LogP contribution in [0.25, 0.3) is 0 Å². The van der Waals surface area contributed by atoms with E-state index < -0.39 is 6.04 Å². The Morgan fingerprint density at radius 1 is 1.41 bits per heavy atom. The monoisotopic (exact) mass is 304 g/mol. The number of rotatable bonds is 6. The molecule has 0 radical (unpaired) electrons. The van der Waals surface area contributed by atoms with Gasteiger partial charge in [-0.05, 0) is 24.8 Å². The van der Waals surface area contributed by atoms with E-state index in [2.05, 4.69) is 5.32 Å². The highest BCUT2D eigenvalue weighted by Gasteiger charge is 2.31. The number of likely N-dealkylation sites (tertiary alicyclic amines) is 1. The van der Waals surface area contributed by atoms with Crippen LogP contribution in [0, 0.1) is 0 Å². The SMILES string of the molecule is CC[C@H](N[C@@H]1CCCN(Cc2ccccc2)C1=O)C(=O)OC. The van der Waals surface area contributed by atoms with Crippen molar-refractivity contribution in [3.63, 3.8) is 0 Å². The zero-order valence-corrected chi connectivity index (χ0v) is 13.2. The predicted molar refractivity (Wildman–Crippen MR) is 84.1 cm³/mol. The fourth-order valence-electron chi connectivity index (χ4n) is 2.79. The molecule has 120 valence electrons. The third-order valence-corrected chi connectivity index (χ3v) is 4.04. The minimum atomic E-state index is -0.421. The van der Waals surface area contributed by atoms with Crippen molar-refractivity contribution >= 4 is 11.9 Å². The second kappa shape index (κ2) is 7.94. The van der Waals surface area contributed by atoms with E-state index in [1.807, 2.05) is 42.2 Å². The maximum atomic E-state index is 12.6. The summed E-state index contributed by atoms with van der Waals surface area (Å²) in [6, 6.07) is 9.24. The Morgan fingerprint density at radius 3 is 2.77 bits per heavy atom. The van der Waals surface area contributed by atoms with Crippen LogP contribution >= 0.6 is 0 Å². The summed E-state index contributed by atoms with van der Waals surface area (Å²) >= 11 is 0. The molecule has 5 nitrogen and oxygen atoms in total. The van der Waals surface area contributed by atoms with Gasteiger partial charge in [0.05, 0.1) is 13.2 Å². The van der Waals surface area contributed by atoms with E-state index >= 15 is 0 Å². The third-order valence-electron chi connectivity index (χ3n) is 4.04. The van der Waals surface area contributed by atoms with Gasteiger partial charge in [0.15, 0.2) is 0 Å². The lowest BCUT2D eigenvalue weighted by atomic mass is 10.0. The minimum Gasteiger partial charge on any atom is -0.468 e. The van der Waals surface area contributed by atoms with Crippen molar-refractivity contribution in [1.29, 1.82) is 0 Å². The molecule has 1 fully saturated rings. The maximum absolute atomic E-state index is 12.6. The molecule has 1 saturated heterocycles. The topological polar surface area (TPSA) is 58.6 Å². The first-order chi connectivity index (χ1) is 10.7. The van der Waals surface area contributed by atoms with Gasteiger partial charge in [0.2, 0.25) is 5.91 Å². The number of nitrogens with one attached hydrogen (secondary N) is 1. The van der Waals surface area contributed by atoms with Gasteiger partial charge in [-0.1, -0.05) is 37.3 Å². The van der Waals surface area contributed by atoms with E-state index in [0.717, 1.165) is 24.9 Å². The largest absolute Gasteiger partial charge is 0.468 e. The highest BCUT2D eigenvalue weighted by Crippen LogP contribution is 2.16. The Balaban J connectivity index is 1.99. The molecule has 22 heavy (non-hydrogen) atoms. The van der Waals surface area contributed by atoms with Gasteiger partial charge in [0.1, 0.15) is 6.04 Å². The number of hydrogen-bond donors (Lipinski definition) is 1. The molecular formula is C17H24N2O3. The van der Waals surface area contributed by atoms with Crippen molar-refractivity contribution in [2.45, 2.75) is 44.8 Å². The summed E-state index contributed by atoms with van der Waals surface area (Å²) in [5.41, 5.74) is 1.12. The molecule has 0 bridgehead atoms. The first kappa shape index (κ1) is 16.5. The molecule has 0 unspecified atom stereocenters. The molecule has 1 heterocycles. The number of nitrogens with zero attached hydrogens (tertiary/aromatic N) is 1. The number of amides is 1. The van der Waals surface area contributed by atoms with E-state index in [1.165, 1.54) is 7.11 Å². The molecule has 1 aliphatic rings. The number of benzene rings is 1. The highest BCUT2D eigenvalue weighted by molar-refractivity contribution is 5.84. The smallest absolute Gasteiger partial charge is 0.322 e. The average Bonchev–Trinajstić information content (AvgIpc) is 2.56. The Kier molecular flexibility index (Phi) is 5.95. The predicted octanol–water partition coefficient (Wildman–Crippen LogP) is 1.72. The summed E-state index contributed by atoms with van der Waals surface area (Å²) in [6.45, 7) is 3.29. The number of methoxy groups -OCH3 is 1. The van der Waals surface area contributed by atoms with Crippen molar-refractivity contribution < 1.29 is 14.3 Å². The van der Waals surface area contributed by atoms with Crippen molar-refractivity contribution in [3.8, 4) is 0 Å². The van der Waals surface area contributed by atoms with Crippen LogP contribution in [0.4, 0.5) is 0 Å². The second-order valence-electron chi connectivity index (χ2n) is 5.59. The summed E-state index contributed by atoms with van der Waals surface area (Å²) in [5, 5.41) is 3.16. The fourth-order valence-corrected chi connectivity index (χ4v) is 2.79. The molecule has 0 aromatic heterocycles. The molecule has 5 heteroatoms. The van der Waals surface area contributed by atoms with Gasteiger partial charge < -0.3 is 9.64 Å². The molecule has 0 aliphatic carbocycles. The fraction of sp³-hybridized carbons (Fsp3) is 0.529. The first-order valence-electron chi connectivity index (χ1n) is 7.82. The Hall–Kier alpha value is -1.88. The number of hydrogen-bond acceptors (Lipinski definition) is 4. The van der Waals surface area contributed by atoms with E-state index in [9.17, 15) is 9.59 Å². The lowest BCUT2D eigenvalue weighted by Gasteiger charge is -2.34. The number of ether oxygens (including phenoxy) is 1. The van der Waals surface area contributed by atoms with Crippen LogP contribution in [0.5, 0.6) is 0 Å². The summed E-state index contributed by atoms with van der Waals surface area (Å²) in [5.74, 6) is -0.243. The first-order valence-corrected chi connectivity index (χ1v) is 7.82. The number of carbonyl (C=O) groups is 2.